The third-order valence-corrected chi connectivity index (χ3v) is 4.37. The second-order valence-corrected chi connectivity index (χ2v) is 5.96. The zero-order valence-corrected chi connectivity index (χ0v) is 17.8. The van der Waals surface area contributed by atoms with Gasteiger partial charge >= 0.3 is 5.97 Å². The van der Waals surface area contributed by atoms with Crippen LogP contribution in [0.15, 0.2) is 29.3 Å². The van der Waals surface area contributed by atoms with Crippen LogP contribution in [0.5, 0.6) is 0 Å². The largest absolute Gasteiger partial charge is 0.469 e. The average molecular weight is 491 g/mol. The molecular weight excluding hydrogens is 465 g/mol. The van der Waals surface area contributed by atoms with E-state index in [9.17, 15) is 14.9 Å². The quantitative estimate of drug-likeness (QED) is 0.119. The van der Waals surface area contributed by atoms with E-state index in [2.05, 4.69) is 20.5 Å². The van der Waals surface area contributed by atoms with E-state index in [1.165, 1.54) is 13.2 Å². The fourth-order valence-corrected chi connectivity index (χ4v) is 2.98. The maximum atomic E-state index is 11.6. The zero-order valence-electron chi connectivity index (χ0n) is 15.5. The number of anilines is 1. The van der Waals surface area contributed by atoms with Gasteiger partial charge in [-0.15, -0.1) is 24.0 Å². The van der Waals surface area contributed by atoms with Gasteiger partial charge in [0.25, 0.3) is 5.69 Å². The van der Waals surface area contributed by atoms with E-state index in [0.717, 1.165) is 31.9 Å². The highest BCUT2D eigenvalue weighted by atomic mass is 127. The van der Waals surface area contributed by atoms with Gasteiger partial charge in [0.15, 0.2) is 5.96 Å². The Morgan fingerprint density at radius 3 is 2.59 bits per heavy atom. The minimum atomic E-state index is -0.403. The fourth-order valence-electron chi connectivity index (χ4n) is 2.98. The predicted octanol–water partition coefficient (Wildman–Crippen LogP) is 2.09. The Morgan fingerprint density at radius 2 is 2.00 bits per heavy atom. The molecule has 0 bridgehead atoms. The summed E-state index contributed by atoms with van der Waals surface area (Å²) in [7, 11) is 3.13. The highest BCUT2D eigenvalue weighted by molar-refractivity contribution is 14.0. The number of nitrogens with zero attached hydrogens (tertiary/aromatic N) is 3. The molecular formula is C17H26IN5O4. The van der Waals surface area contributed by atoms with E-state index in [1.54, 1.807) is 25.2 Å². The molecule has 9 nitrogen and oxygen atoms in total. The first kappa shape index (κ1) is 22.9. The Kier molecular flexibility index (Phi) is 9.83. The number of carbonyl (C=O) groups is 1. The molecule has 0 aromatic heterocycles. The number of nitro groups is 1. The van der Waals surface area contributed by atoms with Crippen LogP contribution in [-0.4, -0.2) is 62.1 Å². The van der Waals surface area contributed by atoms with Gasteiger partial charge in [0, 0.05) is 39.3 Å². The van der Waals surface area contributed by atoms with Crippen molar-refractivity contribution in [1.29, 1.82) is 0 Å². The minimum absolute atomic E-state index is 0. The van der Waals surface area contributed by atoms with Crippen molar-refractivity contribution < 1.29 is 14.5 Å². The number of rotatable bonds is 6. The molecule has 1 aliphatic rings. The van der Waals surface area contributed by atoms with Crippen LogP contribution in [0.1, 0.15) is 12.8 Å². The molecule has 0 aliphatic carbocycles. The lowest BCUT2D eigenvalue weighted by molar-refractivity contribution is -0.384. The zero-order chi connectivity index (χ0) is 18.9. The number of para-hydroxylation sites is 2. The van der Waals surface area contributed by atoms with Gasteiger partial charge in [0.05, 0.1) is 18.0 Å². The van der Waals surface area contributed by atoms with Crippen LogP contribution in [0.25, 0.3) is 0 Å². The molecule has 1 saturated heterocycles. The van der Waals surface area contributed by atoms with Crippen molar-refractivity contribution >= 4 is 47.3 Å². The molecule has 150 valence electrons. The first-order valence-electron chi connectivity index (χ1n) is 8.57. The number of halogens is 1. The van der Waals surface area contributed by atoms with Crippen LogP contribution in [0.4, 0.5) is 11.4 Å². The summed E-state index contributed by atoms with van der Waals surface area (Å²) in [4.78, 5) is 28.6. The summed E-state index contributed by atoms with van der Waals surface area (Å²) in [5.74, 6) is 0.564. The first-order chi connectivity index (χ1) is 12.6. The Morgan fingerprint density at radius 1 is 1.33 bits per heavy atom. The highest BCUT2D eigenvalue weighted by Crippen LogP contribution is 2.22. The lowest BCUT2D eigenvalue weighted by atomic mass is 9.97. The van der Waals surface area contributed by atoms with E-state index < -0.39 is 4.92 Å². The molecule has 2 rings (SSSR count). The number of carbonyl (C=O) groups excluding carboxylic acids is 1. The van der Waals surface area contributed by atoms with Crippen molar-refractivity contribution in [2.24, 2.45) is 10.9 Å². The van der Waals surface area contributed by atoms with E-state index in [4.69, 9.17) is 4.74 Å². The molecule has 0 atom stereocenters. The summed E-state index contributed by atoms with van der Waals surface area (Å²) in [5.41, 5.74) is 0.551. The number of aliphatic imine (C=N–C) groups is 1. The standard InChI is InChI=1S/C17H25N5O4.HI/c1-18-17(21-11-7-13(8-12-21)16(23)26-2)20-10-9-19-14-5-3-4-6-15(14)22(24)25;/h3-6,13,19H,7-12H2,1-2H3,(H,18,20);1H. The summed E-state index contributed by atoms with van der Waals surface area (Å²) in [6, 6.07) is 6.55. The number of likely N-dealkylation sites (tertiary alicyclic amines) is 1. The molecule has 0 unspecified atom stereocenters. The Bertz CT molecular complexity index is 662. The van der Waals surface area contributed by atoms with Gasteiger partial charge in [-0.1, -0.05) is 12.1 Å². The lowest BCUT2D eigenvalue weighted by Crippen LogP contribution is -2.47. The smallest absolute Gasteiger partial charge is 0.308 e. The second-order valence-electron chi connectivity index (χ2n) is 5.96. The van der Waals surface area contributed by atoms with Gasteiger partial charge in [-0.2, -0.15) is 0 Å². The highest BCUT2D eigenvalue weighted by Gasteiger charge is 2.26. The third kappa shape index (κ3) is 6.52. The summed E-state index contributed by atoms with van der Waals surface area (Å²) in [6.07, 6.45) is 1.48. The SMILES string of the molecule is CN=C(NCCNc1ccccc1[N+](=O)[O-])N1CCC(C(=O)OC)CC1.I. The van der Waals surface area contributed by atoms with Gasteiger partial charge in [0.1, 0.15) is 5.69 Å². The Hall–Kier alpha value is -2.11. The fraction of sp³-hybridized carbons (Fsp3) is 0.529. The average Bonchev–Trinajstić information content (AvgIpc) is 2.68. The maximum absolute atomic E-state index is 11.6. The van der Waals surface area contributed by atoms with Crippen LogP contribution >= 0.6 is 24.0 Å². The van der Waals surface area contributed by atoms with Gasteiger partial charge in [-0.05, 0) is 18.9 Å². The molecule has 2 N–H and O–H groups in total. The van der Waals surface area contributed by atoms with Gasteiger partial charge in [0.2, 0.25) is 0 Å². The summed E-state index contributed by atoms with van der Waals surface area (Å²) >= 11 is 0. The lowest BCUT2D eigenvalue weighted by Gasteiger charge is -2.33. The molecule has 0 spiro atoms. The minimum Gasteiger partial charge on any atom is -0.469 e. The molecule has 1 fully saturated rings. The molecule has 0 radical (unpaired) electrons. The molecule has 1 aromatic carbocycles. The van der Waals surface area contributed by atoms with Gasteiger partial charge in [-0.25, -0.2) is 0 Å². The number of nitro benzene ring substituents is 1. The Balaban J connectivity index is 0.00000364. The van der Waals surface area contributed by atoms with Crippen molar-refractivity contribution in [2.75, 3.05) is 45.7 Å². The number of benzene rings is 1. The molecule has 0 amide bonds. The number of hydrogen-bond acceptors (Lipinski definition) is 6. The predicted molar refractivity (Wildman–Crippen MR) is 115 cm³/mol. The van der Waals surface area contributed by atoms with E-state index in [-0.39, 0.29) is 41.6 Å². The number of hydrogen-bond donors (Lipinski definition) is 2. The monoisotopic (exact) mass is 491 g/mol. The van der Waals surface area contributed by atoms with Crippen LogP contribution in [0.2, 0.25) is 0 Å². The molecule has 1 aromatic rings. The molecule has 1 aliphatic heterocycles. The van der Waals surface area contributed by atoms with Crippen molar-refractivity contribution in [3.63, 3.8) is 0 Å². The number of piperidine rings is 1. The van der Waals surface area contributed by atoms with Crippen LogP contribution in [0.3, 0.4) is 0 Å². The van der Waals surface area contributed by atoms with E-state index >= 15 is 0 Å². The number of guanidine groups is 1. The normalized spacial score (nSPS) is 14.9. The summed E-state index contributed by atoms with van der Waals surface area (Å²) in [5, 5.41) is 17.3. The number of methoxy groups -OCH3 is 1. The molecule has 27 heavy (non-hydrogen) atoms. The van der Waals surface area contributed by atoms with Crippen molar-refractivity contribution in [3.8, 4) is 0 Å². The first-order valence-corrected chi connectivity index (χ1v) is 8.57. The number of nitrogens with one attached hydrogen (secondary N) is 2. The van der Waals surface area contributed by atoms with Crippen molar-refractivity contribution in [3.05, 3.63) is 34.4 Å². The maximum Gasteiger partial charge on any atom is 0.308 e. The second kappa shape index (κ2) is 11.6. The summed E-state index contributed by atoms with van der Waals surface area (Å²) in [6.45, 7) is 2.55. The van der Waals surface area contributed by atoms with Crippen LogP contribution < -0.4 is 10.6 Å². The van der Waals surface area contributed by atoms with Crippen LogP contribution in [-0.2, 0) is 9.53 Å². The van der Waals surface area contributed by atoms with Crippen molar-refractivity contribution in [1.82, 2.24) is 10.2 Å². The summed E-state index contributed by atoms with van der Waals surface area (Å²) < 4.78 is 4.80. The van der Waals surface area contributed by atoms with Crippen molar-refractivity contribution in [2.45, 2.75) is 12.8 Å². The molecule has 0 saturated carbocycles. The Labute approximate surface area is 175 Å². The molecule has 1 heterocycles. The van der Waals surface area contributed by atoms with Gasteiger partial charge in [-0.3, -0.25) is 19.9 Å². The molecule has 10 heteroatoms. The number of esters is 1. The van der Waals surface area contributed by atoms with E-state index in [1.807, 2.05) is 0 Å². The number of ether oxygens (including phenoxy) is 1. The van der Waals surface area contributed by atoms with Crippen LogP contribution in [0, 0.1) is 16.0 Å². The topological polar surface area (TPSA) is 109 Å². The van der Waals surface area contributed by atoms with Gasteiger partial charge < -0.3 is 20.3 Å². The third-order valence-electron chi connectivity index (χ3n) is 4.37. The van der Waals surface area contributed by atoms with E-state index in [0.29, 0.717) is 18.8 Å².